The summed E-state index contributed by atoms with van der Waals surface area (Å²) in [5, 5.41) is 7.87. The second-order valence-corrected chi connectivity index (χ2v) is 8.32. The topological polar surface area (TPSA) is 59.4 Å². The summed E-state index contributed by atoms with van der Waals surface area (Å²) in [4.78, 5) is 15.6. The molecule has 1 N–H and O–H groups in total. The zero-order valence-corrected chi connectivity index (χ0v) is 18.8. The van der Waals surface area contributed by atoms with E-state index in [4.69, 9.17) is 9.84 Å². The van der Waals surface area contributed by atoms with Crippen LogP contribution in [0, 0.1) is 0 Å². The van der Waals surface area contributed by atoms with Gasteiger partial charge in [0.2, 0.25) is 0 Å². The van der Waals surface area contributed by atoms with E-state index in [2.05, 4.69) is 22.3 Å². The molecule has 1 fully saturated rings. The van der Waals surface area contributed by atoms with Gasteiger partial charge < -0.3 is 15.0 Å². The second-order valence-electron chi connectivity index (χ2n) is 8.32. The number of hydrogen-bond acceptors (Lipinski definition) is 4. The highest BCUT2D eigenvalue weighted by molar-refractivity contribution is 5.99. The monoisotopic (exact) mass is 432 g/mol. The summed E-state index contributed by atoms with van der Waals surface area (Å²) in [6.45, 7) is 4.67. The lowest BCUT2D eigenvalue weighted by Gasteiger charge is -2.26. The van der Waals surface area contributed by atoms with Gasteiger partial charge in [0.1, 0.15) is 11.4 Å². The Morgan fingerprint density at radius 3 is 2.66 bits per heavy atom. The first-order valence-corrected chi connectivity index (χ1v) is 11.5. The van der Waals surface area contributed by atoms with Crippen LogP contribution in [-0.2, 0) is 6.54 Å². The summed E-state index contributed by atoms with van der Waals surface area (Å²) < 4.78 is 7.22. The highest BCUT2D eigenvalue weighted by Crippen LogP contribution is 2.26. The second kappa shape index (κ2) is 11.0. The van der Waals surface area contributed by atoms with Crippen molar-refractivity contribution < 1.29 is 9.53 Å². The van der Waals surface area contributed by atoms with Crippen LogP contribution in [0.25, 0.3) is 11.3 Å². The van der Waals surface area contributed by atoms with Gasteiger partial charge in [-0.05, 0) is 56.6 Å². The van der Waals surface area contributed by atoms with Crippen LogP contribution in [-0.4, -0.2) is 53.9 Å². The molecule has 32 heavy (non-hydrogen) atoms. The van der Waals surface area contributed by atoms with Gasteiger partial charge in [-0.3, -0.25) is 9.48 Å². The van der Waals surface area contributed by atoms with Crippen LogP contribution in [0.3, 0.4) is 0 Å². The van der Waals surface area contributed by atoms with Crippen LogP contribution in [0.2, 0.25) is 0 Å². The van der Waals surface area contributed by atoms with E-state index in [1.807, 2.05) is 53.3 Å². The van der Waals surface area contributed by atoms with Crippen molar-refractivity contribution in [2.24, 2.45) is 0 Å². The molecule has 0 unspecified atom stereocenters. The average Bonchev–Trinajstić information content (AvgIpc) is 3.27. The molecule has 0 saturated carbocycles. The number of nitrogens with zero attached hydrogens (tertiary/aromatic N) is 3. The molecule has 4 rings (SSSR count). The van der Waals surface area contributed by atoms with Gasteiger partial charge in [0, 0.05) is 18.3 Å². The Morgan fingerprint density at radius 2 is 1.88 bits per heavy atom. The summed E-state index contributed by atoms with van der Waals surface area (Å²) in [7, 11) is 1.64. The molecule has 3 aromatic rings. The van der Waals surface area contributed by atoms with Gasteiger partial charge in [-0.2, -0.15) is 5.10 Å². The normalized spacial score (nSPS) is 14.3. The lowest BCUT2D eigenvalue weighted by atomic mass is 10.1. The fourth-order valence-corrected chi connectivity index (χ4v) is 4.21. The molecule has 6 heteroatoms. The number of rotatable bonds is 9. The Labute approximate surface area is 190 Å². The van der Waals surface area contributed by atoms with Crippen LogP contribution in [0.15, 0.2) is 60.8 Å². The summed E-state index contributed by atoms with van der Waals surface area (Å²) in [6, 6.07) is 17.8. The predicted octanol–water partition coefficient (Wildman–Crippen LogP) is 4.21. The summed E-state index contributed by atoms with van der Waals surface area (Å²) in [5.41, 5.74) is 3.27. The number of carbonyl (C=O) groups excluding carboxylic acids is 1. The largest absolute Gasteiger partial charge is 0.497 e. The third-order valence-corrected chi connectivity index (χ3v) is 5.92. The van der Waals surface area contributed by atoms with Crippen molar-refractivity contribution >= 4 is 5.91 Å². The minimum Gasteiger partial charge on any atom is -0.497 e. The van der Waals surface area contributed by atoms with E-state index in [-0.39, 0.29) is 5.91 Å². The van der Waals surface area contributed by atoms with E-state index in [1.54, 1.807) is 7.11 Å². The SMILES string of the molecule is COc1cccc(-c2nn(Cc3ccccc3)cc2C(=O)NCCCN2CCCCC2)c1. The fourth-order valence-electron chi connectivity index (χ4n) is 4.21. The van der Waals surface area contributed by atoms with Crippen LogP contribution >= 0.6 is 0 Å². The standard InChI is InChI=1S/C26H32N4O2/c1-32-23-13-8-12-22(18-23)25-24(20-30(28-25)19-21-10-4-2-5-11-21)26(31)27-14-9-17-29-15-6-3-7-16-29/h2,4-5,8,10-13,18,20H,3,6-7,9,14-17,19H2,1H3,(H,27,31). The number of amides is 1. The van der Waals surface area contributed by atoms with Crippen LogP contribution in [0.5, 0.6) is 5.75 Å². The number of benzene rings is 2. The number of hydrogen-bond donors (Lipinski definition) is 1. The highest BCUT2D eigenvalue weighted by Gasteiger charge is 2.19. The lowest BCUT2D eigenvalue weighted by Crippen LogP contribution is -2.33. The number of piperidine rings is 1. The minimum atomic E-state index is -0.0826. The van der Waals surface area contributed by atoms with Crippen molar-refractivity contribution in [3.05, 3.63) is 71.9 Å². The Bertz CT molecular complexity index is 1010. The zero-order valence-electron chi connectivity index (χ0n) is 18.8. The van der Waals surface area contributed by atoms with Crippen LogP contribution in [0.4, 0.5) is 0 Å². The van der Waals surface area contributed by atoms with E-state index >= 15 is 0 Å². The zero-order chi connectivity index (χ0) is 22.2. The highest BCUT2D eigenvalue weighted by atomic mass is 16.5. The summed E-state index contributed by atoms with van der Waals surface area (Å²) in [6.07, 6.45) is 6.72. The van der Waals surface area contributed by atoms with Crippen molar-refractivity contribution in [3.63, 3.8) is 0 Å². The molecule has 1 aliphatic heterocycles. The number of nitrogens with one attached hydrogen (secondary N) is 1. The van der Waals surface area contributed by atoms with Gasteiger partial charge in [-0.15, -0.1) is 0 Å². The molecule has 0 aliphatic carbocycles. The molecule has 0 atom stereocenters. The van der Waals surface area contributed by atoms with Gasteiger partial charge in [0.25, 0.3) is 5.91 Å². The molecule has 0 spiro atoms. The van der Waals surface area contributed by atoms with Crippen LogP contribution in [0.1, 0.15) is 41.6 Å². The fraction of sp³-hybridized carbons (Fsp3) is 0.385. The maximum Gasteiger partial charge on any atom is 0.255 e. The van der Waals surface area contributed by atoms with E-state index in [9.17, 15) is 4.79 Å². The molecule has 0 radical (unpaired) electrons. The molecule has 2 heterocycles. The first-order valence-electron chi connectivity index (χ1n) is 11.5. The van der Waals surface area contributed by atoms with Gasteiger partial charge in [-0.1, -0.05) is 48.9 Å². The molecule has 1 amide bonds. The van der Waals surface area contributed by atoms with Gasteiger partial charge >= 0.3 is 0 Å². The Morgan fingerprint density at radius 1 is 1.06 bits per heavy atom. The minimum absolute atomic E-state index is 0.0826. The van der Waals surface area contributed by atoms with Gasteiger partial charge in [0.15, 0.2) is 0 Å². The Hall–Kier alpha value is -3.12. The number of likely N-dealkylation sites (tertiary alicyclic amines) is 1. The number of aromatic nitrogens is 2. The molecule has 1 saturated heterocycles. The third-order valence-electron chi connectivity index (χ3n) is 5.92. The third kappa shape index (κ3) is 5.77. The van der Waals surface area contributed by atoms with E-state index < -0.39 is 0 Å². The van der Waals surface area contributed by atoms with Crippen molar-refractivity contribution in [3.8, 4) is 17.0 Å². The molecule has 1 aliphatic rings. The van der Waals surface area contributed by atoms with Gasteiger partial charge in [0.05, 0.1) is 19.2 Å². The first-order chi connectivity index (χ1) is 15.7. The van der Waals surface area contributed by atoms with Crippen molar-refractivity contribution in [1.82, 2.24) is 20.0 Å². The quantitative estimate of drug-likeness (QED) is 0.515. The molecule has 168 valence electrons. The first kappa shape index (κ1) is 22.1. The van der Waals surface area contributed by atoms with E-state index in [1.165, 1.54) is 32.4 Å². The molecular formula is C26H32N4O2. The number of methoxy groups -OCH3 is 1. The van der Waals surface area contributed by atoms with Crippen molar-refractivity contribution in [1.29, 1.82) is 0 Å². The maximum atomic E-state index is 13.1. The van der Waals surface area contributed by atoms with Gasteiger partial charge in [-0.25, -0.2) is 0 Å². The van der Waals surface area contributed by atoms with Crippen LogP contribution < -0.4 is 10.1 Å². The molecule has 6 nitrogen and oxygen atoms in total. The van der Waals surface area contributed by atoms with Crippen molar-refractivity contribution in [2.75, 3.05) is 33.3 Å². The molecule has 0 bridgehead atoms. The number of carbonyl (C=O) groups is 1. The summed E-state index contributed by atoms with van der Waals surface area (Å²) >= 11 is 0. The average molecular weight is 433 g/mol. The van der Waals surface area contributed by atoms with Crippen molar-refractivity contribution in [2.45, 2.75) is 32.2 Å². The molecule has 1 aromatic heterocycles. The Kier molecular flexibility index (Phi) is 7.56. The van der Waals surface area contributed by atoms with E-state index in [0.29, 0.717) is 24.3 Å². The predicted molar refractivity (Wildman–Crippen MR) is 127 cm³/mol. The molecular weight excluding hydrogens is 400 g/mol. The maximum absolute atomic E-state index is 13.1. The Balaban J connectivity index is 1.48. The van der Waals surface area contributed by atoms with E-state index in [0.717, 1.165) is 29.8 Å². The number of ether oxygens (including phenoxy) is 1. The summed E-state index contributed by atoms with van der Waals surface area (Å²) in [5.74, 6) is 0.661. The lowest BCUT2D eigenvalue weighted by molar-refractivity contribution is 0.0951. The molecule has 2 aromatic carbocycles. The smallest absolute Gasteiger partial charge is 0.255 e.